The molecule has 0 radical (unpaired) electrons. The Bertz CT molecular complexity index is 639. The van der Waals surface area contributed by atoms with Gasteiger partial charge in [-0.2, -0.15) is 0 Å². The summed E-state index contributed by atoms with van der Waals surface area (Å²) in [6.07, 6.45) is 5.16. The van der Waals surface area contributed by atoms with Crippen molar-refractivity contribution in [3.05, 3.63) is 65.7 Å². The molecular formula is C17H15NO. The first-order chi connectivity index (χ1) is 9.36. The predicted molar refractivity (Wildman–Crippen MR) is 79.3 cm³/mol. The molecule has 0 atom stereocenters. The van der Waals surface area contributed by atoms with Crippen LogP contribution in [0.3, 0.4) is 0 Å². The van der Waals surface area contributed by atoms with Gasteiger partial charge in [0.05, 0.1) is 12.8 Å². The summed E-state index contributed by atoms with van der Waals surface area (Å²) in [5.41, 5.74) is 4.80. The number of hydrogen-bond acceptors (Lipinski definition) is 2. The lowest BCUT2D eigenvalue weighted by Crippen LogP contribution is -1.84. The zero-order valence-corrected chi connectivity index (χ0v) is 10.8. The van der Waals surface area contributed by atoms with Crippen molar-refractivity contribution in [2.45, 2.75) is 6.42 Å². The molecule has 2 nitrogen and oxygen atoms in total. The number of aliphatic imine (C=N–C) groups is 1. The SMILES string of the molecule is COc1ccc(N=CC2=CCc3ccccc32)cc1. The molecule has 0 spiro atoms. The van der Waals surface area contributed by atoms with Gasteiger partial charge in [0, 0.05) is 6.21 Å². The van der Waals surface area contributed by atoms with Crippen molar-refractivity contribution < 1.29 is 4.74 Å². The third-order valence-electron chi connectivity index (χ3n) is 3.30. The van der Waals surface area contributed by atoms with Crippen LogP contribution in [0.15, 0.2) is 59.6 Å². The van der Waals surface area contributed by atoms with Crippen molar-refractivity contribution >= 4 is 17.5 Å². The monoisotopic (exact) mass is 249 g/mol. The van der Waals surface area contributed by atoms with Gasteiger partial charge in [0.2, 0.25) is 0 Å². The van der Waals surface area contributed by atoms with Crippen LogP contribution in [-0.4, -0.2) is 13.3 Å². The maximum atomic E-state index is 5.13. The first-order valence-electron chi connectivity index (χ1n) is 6.33. The quantitative estimate of drug-likeness (QED) is 0.752. The molecule has 1 aliphatic carbocycles. The molecule has 0 unspecified atom stereocenters. The number of hydrogen-bond donors (Lipinski definition) is 0. The third-order valence-corrected chi connectivity index (χ3v) is 3.30. The average molecular weight is 249 g/mol. The number of fused-ring (bicyclic) bond motifs is 1. The van der Waals surface area contributed by atoms with Crippen LogP contribution >= 0.6 is 0 Å². The fourth-order valence-corrected chi connectivity index (χ4v) is 2.24. The summed E-state index contributed by atoms with van der Waals surface area (Å²) in [5.74, 6) is 0.851. The van der Waals surface area contributed by atoms with Crippen molar-refractivity contribution in [2.24, 2.45) is 4.99 Å². The Balaban J connectivity index is 1.80. The van der Waals surface area contributed by atoms with Crippen LogP contribution in [0.1, 0.15) is 11.1 Å². The molecule has 1 aliphatic rings. The number of methoxy groups -OCH3 is 1. The highest BCUT2D eigenvalue weighted by Crippen LogP contribution is 2.26. The number of rotatable bonds is 3. The van der Waals surface area contributed by atoms with E-state index in [1.807, 2.05) is 30.5 Å². The topological polar surface area (TPSA) is 21.6 Å². The number of allylic oxidation sites excluding steroid dienone is 2. The lowest BCUT2D eigenvalue weighted by molar-refractivity contribution is 0.415. The van der Waals surface area contributed by atoms with Gasteiger partial charge in [-0.3, -0.25) is 4.99 Å². The molecule has 0 N–H and O–H groups in total. The van der Waals surface area contributed by atoms with E-state index in [0.717, 1.165) is 17.9 Å². The summed E-state index contributed by atoms with van der Waals surface area (Å²) in [4.78, 5) is 4.51. The van der Waals surface area contributed by atoms with E-state index in [9.17, 15) is 0 Å². The van der Waals surface area contributed by atoms with E-state index in [2.05, 4.69) is 35.3 Å². The fourth-order valence-electron chi connectivity index (χ4n) is 2.24. The molecule has 0 saturated heterocycles. The van der Waals surface area contributed by atoms with Crippen molar-refractivity contribution in [2.75, 3.05) is 7.11 Å². The molecule has 0 heterocycles. The summed E-state index contributed by atoms with van der Waals surface area (Å²) in [6.45, 7) is 0. The fraction of sp³-hybridized carbons (Fsp3) is 0.118. The summed E-state index contributed by atoms with van der Waals surface area (Å²) in [7, 11) is 1.67. The molecule has 3 rings (SSSR count). The van der Waals surface area contributed by atoms with Crippen LogP contribution in [0, 0.1) is 0 Å². The lowest BCUT2D eigenvalue weighted by Gasteiger charge is -2.01. The Morgan fingerprint density at radius 1 is 1.05 bits per heavy atom. The second-order valence-electron chi connectivity index (χ2n) is 4.48. The predicted octanol–water partition coefficient (Wildman–Crippen LogP) is 4.04. The highest BCUT2D eigenvalue weighted by Gasteiger charge is 2.10. The van der Waals surface area contributed by atoms with Crippen LogP contribution in [0.5, 0.6) is 5.75 Å². The van der Waals surface area contributed by atoms with E-state index in [1.54, 1.807) is 7.11 Å². The summed E-state index contributed by atoms with van der Waals surface area (Å²) < 4.78 is 5.13. The van der Waals surface area contributed by atoms with Gasteiger partial charge >= 0.3 is 0 Å². The standard InChI is InChI=1S/C17H15NO/c1-19-16-10-8-15(9-11-16)18-12-14-7-6-13-4-2-3-5-17(13)14/h2-5,7-12H,6H2,1H3. The van der Waals surface area contributed by atoms with Crippen LogP contribution in [-0.2, 0) is 6.42 Å². The van der Waals surface area contributed by atoms with E-state index in [4.69, 9.17) is 4.74 Å². The minimum absolute atomic E-state index is 0.851. The third kappa shape index (κ3) is 2.43. The van der Waals surface area contributed by atoms with E-state index < -0.39 is 0 Å². The van der Waals surface area contributed by atoms with Gasteiger partial charge in [0.25, 0.3) is 0 Å². The highest BCUT2D eigenvalue weighted by atomic mass is 16.5. The molecule has 19 heavy (non-hydrogen) atoms. The van der Waals surface area contributed by atoms with Gasteiger partial charge in [0.15, 0.2) is 0 Å². The average Bonchev–Trinajstić information content (AvgIpc) is 2.89. The van der Waals surface area contributed by atoms with Crippen molar-refractivity contribution in [1.29, 1.82) is 0 Å². The zero-order chi connectivity index (χ0) is 13.1. The zero-order valence-electron chi connectivity index (χ0n) is 10.8. The molecule has 2 heteroatoms. The number of benzene rings is 2. The first kappa shape index (κ1) is 11.7. The molecule has 0 amide bonds. The molecule has 2 aromatic rings. The molecular weight excluding hydrogens is 234 g/mol. The second-order valence-corrected chi connectivity index (χ2v) is 4.48. The Hall–Kier alpha value is -2.35. The van der Waals surface area contributed by atoms with Crippen LogP contribution < -0.4 is 4.74 Å². The Morgan fingerprint density at radius 3 is 2.63 bits per heavy atom. The van der Waals surface area contributed by atoms with Crippen LogP contribution in [0.25, 0.3) is 5.57 Å². The maximum Gasteiger partial charge on any atom is 0.119 e. The van der Waals surface area contributed by atoms with Gasteiger partial charge < -0.3 is 4.74 Å². The molecule has 0 aromatic heterocycles. The van der Waals surface area contributed by atoms with Crippen molar-refractivity contribution in [3.8, 4) is 5.75 Å². The van der Waals surface area contributed by atoms with E-state index in [-0.39, 0.29) is 0 Å². The molecule has 94 valence electrons. The highest BCUT2D eigenvalue weighted by molar-refractivity contribution is 6.12. The smallest absolute Gasteiger partial charge is 0.119 e. The van der Waals surface area contributed by atoms with E-state index in [0.29, 0.717) is 0 Å². The second kappa shape index (κ2) is 5.11. The van der Waals surface area contributed by atoms with Crippen LogP contribution in [0.2, 0.25) is 0 Å². The Kier molecular flexibility index (Phi) is 3.15. The van der Waals surface area contributed by atoms with Crippen molar-refractivity contribution in [3.63, 3.8) is 0 Å². The van der Waals surface area contributed by atoms with Gasteiger partial charge in [-0.05, 0) is 47.4 Å². The summed E-state index contributed by atoms with van der Waals surface area (Å²) >= 11 is 0. The first-order valence-corrected chi connectivity index (χ1v) is 6.33. The normalized spacial score (nSPS) is 13.4. The van der Waals surface area contributed by atoms with E-state index in [1.165, 1.54) is 16.7 Å². The Labute approximate surface area is 113 Å². The molecule has 0 aliphatic heterocycles. The maximum absolute atomic E-state index is 5.13. The summed E-state index contributed by atoms with van der Waals surface area (Å²) in [6, 6.07) is 16.2. The molecule has 0 bridgehead atoms. The van der Waals surface area contributed by atoms with Gasteiger partial charge in [-0.15, -0.1) is 0 Å². The molecule has 0 saturated carbocycles. The minimum Gasteiger partial charge on any atom is -0.497 e. The Morgan fingerprint density at radius 2 is 1.84 bits per heavy atom. The van der Waals surface area contributed by atoms with Crippen LogP contribution in [0.4, 0.5) is 5.69 Å². The molecule has 0 fully saturated rings. The summed E-state index contributed by atoms with van der Waals surface area (Å²) in [5, 5.41) is 0. The largest absolute Gasteiger partial charge is 0.497 e. The van der Waals surface area contributed by atoms with Gasteiger partial charge in [0.1, 0.15) is 5.75 Å². The minimum atomic E-state index is 0.851. The number of ether oxygens (including phenoxy) is 1. The van der Waals surface area contributed by atoms with Gasteiger partial charge in [-0.25, -0.2) is 0 Å². The van der Waals surface area contributed by atoms with Crippen molar-refractivity contribution in [1.82, 2.24) is 0 Å². The molecule has 2 aromatic carbocycles. The number of nitrogens with zero attached hydrogens (tertiary/aromatic N) is 1. The van der Waals surface area contributed by atoms with Gasteiger partial charge in [-0.1, -0.05) is 30.3 Å². The lowest BCUT2D eigenvalue weighted by atomic mass is 10.1. The van der Waals surface area contributed by atoms with E-state index >= 15 is 0 Å².